The quantitative estimate of drug-likeness (QED) is 0.0494. The van der Waals surface area contributed by atoms with Crippen LogP contribution in [0.4, 0.5) is 0 Å². The fraction of sp³-hybridized carbons (Fsp3) is 1.00. The first kappa shape index (κ1) is 51.0. The molecule has 0 spiro atoms. The Hall–Kier alpha value is 1.66. The van der Waals surface area contributed by atoms with Crippen LogP contribution in [0.1, 0.15) is 129 Å². The van der Waals surface area contributed by atoms with Crippen LogP contribution < -0.4 is 0 Å². The maximum absolute atomic E-state index is 11.1. The Morgan fingerprint density at radius 3 is 0.933 bits per heavy atom. The second-order valence-electron chi connectivity index (χ2n) is 11.9. The van der Waals surface area contributed by atoms with E-state index in [0.717, 1.165) is 25.7 Å². The Bertz CT molecular complexity index is 762. The van der Waals surface area contributed by atoms with Gasteiger partial charge in [0, 0.05) is 26.4 Å². The van der Waals surface area contributed by atoms with Gasteiger partial charge in [-0.05, 0) is 25.7 Å². The van der Waals surface area contributed by atoms with E-state index in [-0.39, 0.29) is 110 Å². The summed E-state index contributed by atoms with van der Waals surface area (Å²) in [6.07, 6.45) is 19.5. The molecule has 0 aromatic heterocycles. The molecule has 0 amide bonds. The van der Waals surface area contributed by atoms with Gasteiger partial charge in [-0.1, -0.05) is 104 Å². The van der Waals surface area contributed by atoms with Crippen molar-refractivity contribution in [3.8, 4) is 0 Å². The second-order valence-corrected chi connectivity index (χ2v) is 15.1. The molecule has 14 heteroatoms. The van der Waals surface area contributed by atoms with Crippen LogP contribution >= 0.6 is 0 Å². The summed E-state index contributed by atoms with van der Waals surface area (Å²) in [6.45, 7) is 6.94. The van der Waals surface area contributed by atoms with Crippen molar-refractivity contribution in [1.29, 1.82) is 0 Å². The zero-order valence-corrected chi connectivity index (χ0v) is 28.9. The Morgan fingerprint density at radius 1 is 0.422 bits per heavy atom. The summed E-state index contributed by atoms with van der Waals surface area (Å²) in [4.78, 5) is 0. The minimum atomic E-state index is -4.06. The van der Waals surface area contributed by atoms with Gasteiger partial charge in [0.1, 0.15) is 0 Å². The third kappa shape index (κ3) is 38.3. The van der Waals surface area contributed by atoms with Gasteiger partial charge in [-0.2, -0.15) is 16.8 Å². The number of unbranched alkanes of at least 4 members (excludes halogenated alkanes) is 14. The first-order valence-corrected chi connectivity index (χ1v) is 20.0. The Labute approximate surface area is 320 Å². The zero-order chi connectivity index (χ0) is 32.1. The molecule has 0 bridgehead atoms. The van der Waals surface area contributed by atoms with E-state index < -0.39 is 25.7 Å². The second kappa shape index (κ2) is 34.1. The van der Waals surface area contributed by atoms with Crippen LogP contribution in [0.5, 0.6) is 0 Å². The molecule has 0 aromatic carbocycles. The fourth-order valence-corrected chi connectivity index (χ4v) is 5.73. The number of hydrogen-bond acceptors (Lipinski definition) is 8. The minimum absolute atomic E-state index is 0. The fourth-order valence-electron chi connectivity index (χ4n) is 4.77. The average Bonchev–Trinajstić information content (AvgIpc) is 2.93. The monoisotopic (exact) mass is 708 g/mol. The van der Waals surface area contributed by atoms with E-state index >= 15 is 0 Å². The predicted octanol–water partition coefficient (Wildman–Crippen LogP) is 5.58. The molecule has 0 aliphatic rings. The molecule has 264 valence electrons. The zero-order valence-electron chi connectivity index (χ0n) is 27.3. The van der Waals surface area contributed by atoms with E-state index in [4.69, 9.17) is 28.1 Å². The van der Waals surface area contributed by atoms with Gasteiger partial charge < -0.3 is 18.9 Å². The number of ether oxygens (including phenoxy) is 4. The van der Waals surface area contributed by atoms with E-state index in [2.05, 4.69) is 13.8 Å². The molecule has 0 atom stereocenters. The van der Waals surface area contributed by atoms with Crippen molar-refractivity contribution in [2.75, 3.05) is 64.4 Å². The van der Waals surface area contributed by atoms with Gasteiger partial charge >= 0.3 is 59.1 Å². The van der Waals surface area contributed by atoms with Gasteiger partial charge in [0.25, 0.3) is 20.2 Å². The molecule has 0 unspecified atom stereocenters. The van der Waals surface area contributed by atoms with Crippen molar-refractivity contribution in [2.24, 2.45) is 5.41 Å². The molecule has 0 aliphatic heterocycles. The summed E-state index contributed by atoms with van der Waals surface area (Å²) in [7, 11) is -8.12. The Kier molecular flexibility index (Phi) is 38.7. The first-order chi connectivity index (χ1) is 20.5. The molecule has 0 aliphatic carbocycles. The van der Waals surface area contributed by atoms with Crippen LogP contribution in [0.2, 0.25) is 0 Å². The third-order valence-electron chi connectivity index (χ3n) is 7.30. The summed E-state index contributed by atoms with van der Waals surface area (Å²) >= 11 is 0. The van der Waals surface area contributed by atoms with Gasteiger partial charge in [-0.25, -0.2) is 0 Å². The average molecular weight is 709 g/mol. The number of hydrogen-bond donors (Lipinski definition) is 2. The van der Waals surface area contributed by atoms with Crippen molar-refractivity contribution in [3.63, 3.8) is 0 Å². The molecule has 0 fully saturated rings. The molecule has 0 rings (SSSR count). The van der Waals surface area contributed by atoms with E-state index in [1.54, 1.807) is 0 Å². The van der Waals surface area contributed by atoms with Crippen molar-refractivity contribution in [1.82, 2.24) is 0 Å². The summed E-state index contributed by atoms with van der Waals surface area (Å²) < 4.78 is 86.2. The molecule has 10 nitrogen and oxygen atoms in total. The Morgan fingerprint density at radius 2 is 0.667 bits per heavy atom. The predicted molar refractivity (Wildman–Crippen MR) is 187 cm³/mol. The molecule has 0 aromatic rings. The summed E-state index contributed by atoms with van der Waals surface area (Å²) in [5.41, 5.74) is -0.670. The van der Waals surface area contributed by atoms with E-state index in [1.807, 2.05) is 0 Å². The molecule has 45 heavy (non-hydrogen) atoms. The van der Waals surface area contributed by atoms with Gasteiger partial charge in [0.2, 0.25) is 0 Å². The van der Waals surface area contributed by atoms with Crippen LogP contribution in [-0.4, -0.2) is 149 Å². The van der Waals surface area contributed by atoms with Crippen LogP contribution in [0.15, 0.2) is 0 Å². The van der Waals surface area contributed by atoms with Crippen molar-refractivity contribution in [2.45, 2.75) is 129 Å². The molecule has 0 saturated carbocycles. The summed E-state index contributed by atoms with van der Waals surface area (Å²) in [5, 5.41) is 0. The van der Waals surface area contributed by atoms with E-state index in [9.17, 15) is 16.8 Å². The summed E-state index contributed by atoms with van der Waals surface area (Å²) in [5.74, 6) is -0.758. The van der Waals surface area contributed by atoms with E-state index in [0.29, 0.717) is 26.4 Å². The van der Waals surface area contributed by atoms with Gasteiger partial charge in [0.15, 0.2) is 0 Å². The normalized spacial score (nSPS) is 12.2. The summed E-state index contributed by atoms with van der Waals surface area (Å²) in [6, 6.07) is 0. The van der Waals surface area contributed by atoms with Crippen molar-refractivity contribution < 1.29 is 44.9 Å². The topological polar surface area (TPSA) is 146 Å². The molecular weight excluding hydrogens is 642 g/mol. The first-order valence-electron chi connectivity index (χ1n) is 16.7. The molecule has 0 heterocycles. The van der Waals surface area contributed by atoms with Crippen molar-refractivity contribution in [3.05, 3.63) is 0 Å². The van der Waals surface area contributed by atoms with Crippen LogP contribution in [0.3, 0.4) is 0 Å². The van der Waals surface area contributed by atoms with Gasteiger partial charge in [-0.15, -0.1) is 0 Å². The van der Waals surface area contributed by atoms with E-state index in [1.165, 1.54) is 77.0 Å². The third-order valence-corrected chi connectivity index (χ3v) is 8.91. The molecular formula is C31H66Na2O10S2. The number of rotatable bonds is 34. The van der Waals surface area contributed by atoms with Crippen LogP contribution in [-0.2, 0) is 39.2 Å². The van der Waals surface area contributed by atoms with Crippen molar-refractivity contribution >= 4 is 79.4 Å². The van der Waals surface area contributed by atoms with Gasteiger partial charge in [0.05, 0.1) is 43.3 Å². The van der Waals surface area contributed by atoms with Gasteiger partial charge in [-0.3, -0.25) is 9.11 Å². The molecule has 0 radical (unpaired) electrons. The SMILES string of the molecule is CCCCCCCCCCOCC(COCCCCCCCCCC)(COCCCS(=O)(=O)O)COCCCS(=O)(=O)O.[NaH].[NaH]. The molecule has 2 N–H and O–H groups in total. The standard InChI is InChI=1S/C31H64O10S2.2Na.2H/c1-3-5-7-9-11-13-15-17-21-38-27-31(29-40-23-19-25-42(32,33)34,30-41-24-20-26-43(35,36)37)28-39-22-18-16-14-12-10-8-6-4-2;;;;/h3-30H2,1-2H3,(H,32,33,34)(H,35,36,37);;;;. The Balaban J connectivity index is -0.00000882. The molecule has 0 saturated heterocycles. The van der Waals surface area contributed by atoms with Crippen LogP contribution in [0.25, 0.3) is 0 Å². The maximum atomic E-state index is 11.1. The van der Waals surface area contributed by atoms with Crippen LogP contribution in [0, 0.1) is 5.41 Å².